The zero-order valence-electron chi connectivity index (χ0n) is 19.9. The first-order valence-corrected chi connectivity index (χ1v) is 13.6. The zero-order valence-corrected chi connectivity index (χ0v) is 21.6. The molecule has 1 saturated carbocycles. The second kappa shape index (κ2) is 11.2. The van der Waals surface area contributed by atoms with E-state index >= 15 is 0 Å². The van der Waals surface area contributed by atoms with E-state index in [1.165, 1.54) is 6.07 Å². The number of nitrogens with one attached hydrogen (secondary N) is 3. The fourth-order valence-corrected chi connectivity index (χ4v) is 5.95. The van der Waals surface area contributed by atoms with E-state index in [1.807, 2.05) is 6.07 Å². The number of rotatable bonds is 7. The van der Waals surface area contributed by atoms with Crippen LogP contribution in [0.1, 0.15) is 41.8 Å². The van der Waals surface area contributed by atoms with Crippen molar-refractivity contribution in [1.82, 2.24) is 25.6 Å². The summed E-state index contributed by atoms with van der Waals surface area (Å²) in [6, 6.07) is 8.37. The number of anilines is 1. The van der Waals surface area contributed by atoms with Crippen molar-refractivity contribution in [1.29, 1.82) is 0 Å². The lowest BCUT2D eigenvalue weighted by Gasteiger charge is -2.30. The predicted octanol–water partition coefficient (Wildman–Crippen LogP) is 5.46. The number of amides is 2. The quantitative estimate of drug-likeness (QED) is 0.327. The molecule has 2 aliphatic rings. The van der Waals surface area contributed by atoms with Gasteiger partial charge in [0.15, 0.2) is 0 Å². The number of alkyl halides is 3. The molecule has 3 aromatic heterocycles. The number of hydrogen-bond acceptors (Lipinski definition) is 9. The van der Waals surface area contributed by atoms with Gasteiger partial charge in [0.2, 0.25) is 5.95 Å². The highest BCUT2D eigenvalue weighted by molar-refractivity contribution is 8.18. The van der Waals surface area contributed by atoms with Crippen LogP contribution >= 0.6 is 23.1 Å². The van der Waals surface area contributed by atoms with Crippen molar-refractivity contribution in [3.63, 3.8) is 0 Å². The Balaban J connectivity index is 1.14. The van der Waals surface area contributed by atoms with Gasteiger partial charge in [0, 0.05) is 31.0 Å². The lowest BCUT2D eigenvalue weighted by molar-refractivity contribution is -0.134. The van der Waals surface area contributed by atoms with E-state index in [0.29, 0.717) is 45.0 Å². The average Bonchev–Trinajstić information content (AvgIpc) is 3.51. The van der Waals surface area contributed by atoms with Gasteiger partial charge in [-0.3, -0.25) is 19.9 Å². The van der Waals surface area contributed by atoms with Crippen LogP contribution in [0, 0.1) is 0 Å². The minimum absolute atomic E-state index is 0.183. The molecule has 3 N–H and O–H groups in total. The van der Waals surface area contributed by atoms with E-state index in [2.05, 4.69) is 30.9 Å². The van der Waals surface area contributed by atoms with Gasteiger partial charge in [-0.2, -0.15) is 13.2 Å². The van der Waals surface area contributed by atoms with E-state index < -0.39 is 22.2 Å². The molecule has 8 nitrogen and oxygen atoms in total. The van der Waals surface area contributed by atoms with Gasteiger partial charge < -0.3 is 10.6 Å². The minimum atomic E-state index is -4.36. The van der Waals surface area contributed by atoms with Gasteiger partial charge >= 0.3 is 6.18 Å². The van der Waals surface area contributed by atoms with Crippen molar-refractivity contribution < 1.29 is 22.8 Å². The third-order valence-corrected chi connectivity index (χ3v) is 8.20. The summed E-state index contributed by atoms with van der Waals surface area (Å²) in [5.41, 5.74) is 1.96. The van der Waals surface area contributed by atoms with Crippen molar-refractivity contribution >= 4 is 46.3 Å². The number of carbonyl (C=O) groups excluding carboxylic acids is 2. The highest BCUT2D eigenvalue weighted by Crippen LogP contribution is 2.38. The van der Waals surface area contributed by atoms with Gasteiger partial charge in [0.05, 0.1) is 21.2 Å². The van der Waals surface area contributed by atoms with Crippen LogP contribution in [0.25, 0.3) is 16.6 Å². The lowest BCUT2D eigenvalue weighted by atomic mass is 9.91. The van der Waals surface area contributed by atoms with E-state index in [9.17, 15) is 22.8 Å². The van der Waals surface area contributed by atoms with Crippen molar-refractivity contribution in [3.8, 4) is 10.6 Å². The topological polar surface area (TPSA) is 109 Å². The van der Waals surface area contributed by atoms with Gasteiger partial charge in [-0.15, -0.1) is 11.3 Å². The second-order valence-electron chi connectivity index (χ2n) is 8.90. The summed E-state index contributed by atoms with van der Waals surface area (Å²) < 4.78 is 39.1. The first-order chi connectivity index (χ1) is 18.2. The Morgan fingerprint density at radius 3 is 2.53 bits per heavy atom. The summed E-state index contributed by atoms with van der Waals surface area (Å²) in [6.45, 7) is 0.513. The molecule has 0 aromatic carbocycles. The predicted molar refractivity (Wildman–Crippen MR) is 140 cm³/mol. The SMILES string of the molecule is O=C1NC(=O)/C(=C/c2ccnc(N[C@H]3CC[C@H](NCc4cccnc4-c4ccc(C(F)(F)F)s4)CC3)n2)S1. The van der Waals surface area contributed by atoms with Gasteiger partial charge in [-0.05, 0) is 73.4 Å². The van der Waals surface area contributed by atoms with Gasteiger partial charge in [-0.1, -0.05) is 6.07 Å². The van der Waals surface area contributed by atoms with E-state index in [0.717, 1.165) is 49.1 Å². The van der Waals surface area contributed by atoms with Gasteiger partial charge in [0.1, 0.15) is 4.88 Å². The molecule has 2 fully saturated rings. The molecule has 1 aliphatic heterocycles. The molecule has 0 bridgehead atoms. The van der Waals surface area contributed by atoms with Crippen LogP contribution < -0.4 is 16.0 Å². The second-order valence-corrected chi connectivity index (χ2v) is 11.0. The first kappa shape index (κ1) is 26.3. The maximum Gasteiger partial charge on any atom is 0.425 e. The Morgan fingerprint density at radius 2 is 1.82 bits per heavy atom. The number of imide groups is 1. The molecule has 1 aliphatic carbocycles. The Hall–Kier alpha value is -3.29. The number of thioether (sulfide) groups is 1. The monoisotopic (exact) mass is 560 g/mol. The van der Waals surface area contributed by atoms with E-state index in [-0.39, 0.29) is 12.1 Å². The normalized spacial score (nSPS) is 21.1. The number of pyridine rings is 1. The molecule has 13 heteroatoms. The molecular weight excluding hydrogens is 537 g/mol. The van der Waals surface area contributed by atoms with E-state index in [4.69, 9.17) is 0 Å². The molecule has 4 heterocycles. The maximum atomic E-state index is 13.0. The summed E-state index contributed by atoms with van der Waals surface area (Å²) in [5, 5.41) is 8.70. The molecule has 2 amide bonds. The molecule has 38 heavy (non-hydrogen) atoms. The molecule has 0 spiro atoms. The summed E-state index contributed by atoms with van der Waals surface area (Å²) >= 11 is 1.54. The van der Waals surface area contributed by atoms with Gasteiger partial charge in [0.25, 0.3) is 11.1 Å². The van der Waals surface area contributed by atoms with Crippen LogP contribution in [0.2, 0.25) is 0 Å². The van der Waals surface area contributed by atoms with E-state index in [1.54, 1.807) is 30.6 Å². The Morgan fingerprint density at radius 1 is 1.03 bits per heavy atom. The molecule has 0 atom stereocenters. The van der Waals surface area contributed by atoms with Crippen LogP contribution in [0.3, 0.4) is 0 Å². The standard InChI is InChI=1S/C25H23F3N6O2S2/c26-25(27,28)20-8-7-18(37-20)21-14(2-1-10-29-21)13-31-15-3-5-16(6-4-15)32-23-30-11-9-17(33-23)12-19-22(35)34-24(36)38-19/h1-2,7-12,15-16,31H,3-6,13H2,(H,30,32,33)(H,34,35,36)/b19-12-/t15-,16-. The fourth-order valence-electron chi connectivity index (χ4n) is 4.38. The number of halogens is 3. The van der Waals surface area contributed by atoms with Crippen LogP contribution in [0.15, 0.2) is 47.6 Å². The number of hydrogen-bond donors (Lipinski definition) is 3. The Bertz CT molecular complexity index is 1370. The van der Waals surface area contributed by atoms with Crippen LogP contribution in [0.4, 0.5) is 23.9 Å². The van der Waals surface area contributed by atoms with Crippen LogP contribution in [-0.2, 0) is 17.5 Å². The zero-order chi connectivity index (χ0) is 26.7. The molecule has 1 saturated heterocycles. The molecule has 0 radical (unpaired) electrons. The molecule has 0 unspecified atom stereocenters. The molecule has 198 valence electrons. The van der Waals surface area contributed by atoms with Crippen molar-refractivity contribution in [2.45, 2.75) is 50.5 Å². The number of thiophene rings is 1. The lowest BCUT2D eigenvalue weighted by Crippen LogP contribution is -2.37. The molecule has 3 aromatic rings. The van der Waals surface area contributed by atoms with Crippen molar-refractivity contribution in [3.05, 3.63) is 63.8 Å². The maximum absolute atomic E-state index is 13.0. The van der Waals surface area contributed by atoms with Crippen molar-refractivity contribution in [2.24, 2.45) is 0 Å². The number of nitrogens with zero attached hydrogens (tertiary/aromatic N) is 3. The first-order valence-electron chi connectivity index (χ1n) is 11.9. The van der Waals surface area contributed by atoms with Gasteiger partial charge in [-0.25, -0.2) is 9.97 Å². The summed E-state index contributed by atoms with van der Waals surface area (Å²) in [7, 11) is 0. The summed E-state index contributed by atoms with van der Waals surface area (Å²) in [5.74, 6) is 0.0264. The van der Waals surface area contributed by atoms with Crippen LogP contribution in [0.5, 0.6) is 0 Å². The smallest absolute Gasteiger partial charge is 0.351 e. The minimum Gasteiger partial charge on any atom is -0.351 e. The Labute approximate surface area is 224 Å². The third kappa shape index (κ3) is 6.40. The van der Waals surface area contributed by atoms with Crippen LogP contribution in [-0.4, -0.2) is 38.2 Å². The Kier molecular flexibility index (Phi) is 7.77. The summed E-state index contributed by atoms with van der Waals surface area (Å²) in [6.07, 6.45) is 3.99. The number of aromatic nitrogens is 3. The largest absolute Gasteiger partial charge is 0.425 e. The fraction of sp³-hybridized carbons (Fsp3) is 0.320. The molecule has 5 rings (SSSR count). The average molecular weight is 561 g/mol. The third-order valence-electron chi connectivity index (χ3n) is 6.25. The highest BCUT2D eigenvalue weighted by atomic mass is 32.2. The number of carbonyl (C=O) groups is 2. The summed E-state index contributed by atoms with van der Waals surface area (Å²) in [4.78, 5) is 36.3. The molecular formula is C25H23F3N6O2S2. The highest BCUT2D eigenvalue weighted by Gasteiger charge is 2.33. The van der Waals surface area contributed by atoms with Crippen molar-refractivity contribution in [2.75, 3.05) is 5.32 Å².